The van der Waals surface area contributed by atoms with E-state index in [4.69, 9.17) is 28.6 Å². The Balaban J connectivity index is 1.77. The number of ether oxygens (including phenoxy) is 1. The summed E-state index contributed by atoms with van der Waals surface area (Å²) in [6.07, 6.45) is 0.839. The molecule has 1 aliphatic rings. The molecule has 2 aromatic rings. The second-order valence-corrected chi connectivity index (χ2v) is 7.61. The Morgan fingerprint density at radius 1 is 1.21 bits per heavy atom. The molecule has 0 aliphatic carbocycles. The molecule has 0 radical (unpaired) electrons. The lowest BCUT2D eigenvalue weighted by Crippen LogP contribution is -2.42. The fourth-order valence-corrected chi connectivity index (χ4v) is 3.35. The summed E-state index contributed by atoms with van der Waals surface area (Å²) in [6.45, 7) is 6.28. The number of fused-ring (bicyclic) bond motifs is 1. The molecule has 126 valence electrons. The van der Waals surface area contributed by atoms with E-state index in [2.05, 4.69) is 43.5 Å². The molecule has 0 aromatic heterocycles. The van der Waals surface area contributed by atoms with E-state index in [1.54, 1.807) is 0 Å². The van der Waals surface area contributed by atoms with Crippen LogP contribution >= 0.6 is 23.8 Å². The van der Waals surface area contributed by atoms with Gasteiger partial charge in [0.05, 0.1) is 6.04 Å². The molecule has 0 spiro atoms. The quantitative estimate of drug-likeness (QED) is 0.718. The fraction of sp³-hybridized carbons (Fsp3) is 0.316. The van der Waals surface area contributed by atoms with Gasteiger partial charge in [-0.25, -0.2) is 0 Å². The number of thiocarbonyl (C=S) groups is 1. The van der Waals surface area contributed by atoms with E-state index in [1.165, 1.54) is 5.56 Å². The molecule has 0 saturated carbocycles. The molecule has 3 rings (SSSR count). The lowest BCUT2D eigenvalue weighted by molar-refractivity contribution is 0.0696. The zero-order valence-electron chi connectivity index (χ0n) is 14.0. The second-order valence-electron chi connectivity index (χ2n) is 6.77. The number of hydrogen-bond acceptors (Lipinski definition) is 2. The van der Waals surface area contributed by atoms with Crippen molar-refractivity contribution in [3.05, 3.63) is 58.6 Å². The molecule has 2 aromatic carbocycles. The summed E-state index contributed by atoms with van der Waals surface area (Å²) in [5.74, 6) is 0.920. The predicted octanol–water partition coefficient (Wildman–Crippen LogP) is 5.24. The molecule has 0 saturated heterocycles. The van der Waals surface area contributed by atoms with Crippen LogP contribution in [0.1, 0.15) is 37.4 Å². The van der Waals surface area contributed by atoms with Gasteiger partial charge in [-0.3, -0.25) is 0 Å². The van der Waals surface area contributed by atoms with E-state index in [9.17, 15) is 0 Å². The van der Waals surface area contributed by atoms with Crippen molar-refractivity contribution in [2.75, 3.05) is 5.32 Å². The van der Waals surface area contributed by atoms with Crippen LogP contribution in [0.2, 0.25) is 5.02 Å². The smallest absolute Gasteiger partial charge is 0.171 e. The summed E-state index contributed by atoms with van der Waals surface area (Å²) in [7, 11) is 0. The number of rotatable bonds is 2. The Morgan fingerprint density at radius 2 is 1.92 bits per heavy atom. The van der Waals surface area contributed by atoms with Crippen molar-refractivity contribution in [1.82, 2.24) is 5.32 Å². The first-order valence-electron chi connectivity index (χ1n) is 7.95. The number of halogens is 1. The minimum atomic E-state index is -0.240. The van der Waals surface area contributed by atoms with Crippen molar-refractivity contribution < 1.29 is 4.74 Å². The highest BCUT2D eigenvalue weighted by Crippen LogP contribution is 2.39. The Bertz CT molecular complexity index is 758. The highest BCUT2D eigenvalue weighted by atomic mass is 35.5. The van der Waals surface area contributed by atoms with Crippen molar-refractivity contribution in [2.45, 2.75) is 38.8 Å². The van der Waals surface area contributed by atoms with Gasteiger partial charge in [0.1, 0.15) is 11.4 Å². The molecule has 1 heterocycles. The zero-order valence-corrected chi connectivity index (χ0v) is 15.6. The van der Waals surface area contributed by atoms with Crippen LogP contribution in [0.15, 0.2) is 42.5 Å². The SMILES string of the molecule is Cc1ccc2c(c1)[C@@H](NC(=S)Nc1ccc(Cl)cc1)CC(C)(C)O2. The third-order valence-corrected chi connectivity index (χ3v) is 4.50. The van der Waals surface area contributed by atoms with Gasteiger partial charge in [-0.2, -0.15) is 0 Å². The molecular formula is C19H21ClN2OS. The Morgan fingerprint density at radius 3 is 2.62 bits per heavy atom. The van der Waals surface area contributed by atoms with Crippen LogP contribution in [0.4, 0.5) is 5.69 Å². The number of benzene rings is 2. The second kappa shape index (κ2) is 6.61. The highest BCUT2D eigenvalue weighted by Gasteiger charge is 2.34. The van der Waals surface area contributed by atoms with Crippen molar-refractivity contribution in [3.8, 4) is 5.75 Å². The molecule has 0 bridgehead atoms. The van der Waals surface area contributed by atoms with E-state index in [0.717, 1.165) is 23.4 Å². The van der Waals surface area contributed by atoms with Crippen LogP contribution in [0, 0.1) is 6.92 Å². The van der Waals surface area contributed by atoms with Gasteiger partial charge in [-0.05, 0) is 63.3 Å². The fourth-order valence-electron chi connectivity index (χ4n) is 2.96. The molecule has 2 N–H and O–H groups in total. The van der Waals surface area contributed by atoms with Gasteiger partial charge in [0.2, 0.25) is 0 Å². The van der Waals surface area contributed by atoms with Crippen LogP contribution < -0.4 is 15.4 Å². The van der Waals surface area contributed by atoms with E-state index in [-0.39, 0.29) is 11.6 Å². The third kappa shape index (κ3) is 4.00. The third-order valence-electron chi connectivity index (χ3n) is 4.03. The van der Waals surface area contributed by atoms with Crippen LogP contribution in [-0.2, 0) is 0 Å². The summed E-state index contributed by atoms with van der Waals surface area (Å²) in [6, 6.07) is 13.9. The molecular weight excluding hydrogens is 340 g/mol. The Kier molecular flexibility index (Phi) is 4.70. The van der Waals surface area contributed by atoms with Crippen molar-refractivity contribution in [2.24, 2.45) is 0 Å². The van der Waals surface area contributed by atoms with E-state index < -0.39 is 0 Å². The number of nitrogens with one attached hydrogen (secondary N) is 2. The van der Waals surface area contributed by atoms with Crippen LogP contribution in [0.3, 0.4) is 0 Å². The average Bonchev–Trinajstić information content (AvgIpc) is 2.49. The summed E-state index contributed by atoms with van der Waals surface area (Å²) >= 11 is 11.4. The van der Waals surface area contributed by atoms with E-state index >= 15 is 0 Å². The lowest BCUT2D eigenvalue weighted by atomic mass is 9.89. The normalized spacial score (nSPS) is 18.2. The maximum Gasteiger partial charge on any atom is 0.171 e. The monoisotopic (exact) mass is 360 g/mol. The van der Waals surface area contributed by atoms with Crippen LogP contribution in [0.5, 0.6) is 5.75 Å². The highest BCUT2D eigenvalue weighted by molar-refractivity contribution is 7.80. The van der Waals surface area contributed by atoms with E-state index in [0.29, 0.717) is 10.1 Å². The standard InChI is InChI=1S/C19H21ClN2OS/c1-12-4-9-17-15(10-12)16(11-19(2,3)23-17)22-18(24)21-14-7-5-13(20)6-8-14/h4-10,16H,11H2,1-3H3,(H2,21,22,24)/t16-/m0/s1. The lowest BCUT2D eigenvalue weighted by Gasteiger charge is -2.38. The number of hydrogen-bond donors (Lipinski definition) is 2. The van der Waals surface area contributed by atoms with Gasteiger partial charge in [0.25, 0.3) is 0 Å². The molecule has 5 heteroatoms. The van der Waals surface area contributed by atoms with Crippen LogP contribution in [0.25, 0.3) is 0 Å². The molecule has 0 amide bonds. The van der Waals surface area contributed by atoms with Crippen LogP contribution in [-0.4, -0.2) is 10.7 Å². The number of aryl methyl sites for hydroxylation is 1. The van der Waals surface area contributed by atoms with Gasteiger partial charge in [0.15, 0.2) is 5.11 Å². The molecule has 3 nitrogen and oxygen atoms in total. The van der Waals surface area contributed by atoms with Gasteiger partial charge >= 0.3 is 0 Å². The topological polar surface area (TPSA) is 33.3 Å². The van der Waals surface area contributed by atoms with Gasteiger partial charge in [-0.15, -0.1) is 0 Å². The van der Waals surface area contributed by atoms with E-state index in [1.807, 2.05) is 30.3 Å². The maximum absolute atomic E-state index is 6.10. The summed E-state index contributed by atoms with van der Waals surface area (Å²) in [5.41, 5.74) is 3.03. The van der Waals surface area contributed by atoms with Crippen molar-refractivity contribution in [1.29, 1.82) is 0 Å². The average molecular weight is 361 g/mol. The van der Waals surface area contributed by atoms with Gasteiger partial charge in [-0.1, -0.05) is 29.3 Å². The van der Waals surface area contributed by atoms with Gasteiger partial charge < -0.3 is 15.4 Å². The molecule has 1 aliphatic heterocycles. The summed E-state index contributed by atoms with van der Waals surface area (Å²) in [5, 5.41) is 7.93. The first-order chi connectivity index (χ1) is 11.3. The first-order valence-corrected chi connectivity index (χ1v) is 8.74. The minimum absolute atomic E-state index is 0.107. The maximum atomic E-state index is 6.10. The Hall–Kier alpha value is -1.78. The summed E-state index contributed by atoms with van der Waals surface area (Å²) < 4.78 is 6.10. The zero-order chi connectivity index (χ0) is 17.3. The van der Waals surface area contributed by atoms with Crippen molar-refractivity contribution in [3.63, 3.8) is 0 Å². The summed E-state index contributed by atoms with van der Waals surface area (Å²) in [4.78, 5) is 0. The molecule has 24 heavy (non-hydrogen) atoms. The molecule has 0 unspecified atom stereocenters. The Labute approximate surface area is 153 Å². The predicted molar refractivity (Wildman–Crippen MR) is 104 cm³/mol. The van der Waals surface area contributed by atoms with Gasteiger partial charge in [0, 0.05) is 22.7 Å². The molecule has 1 atom stereocenters. The first kappa shape index (κ1) is 17.1. The van der Waals surface area contributed by atoms with Crippen molar-refractivity contribution >= 4 is 34.6 Å². The number of anilines is 1. The largest absolute Gasteiger partial charge is 0.487 e. The molecule has 0 fully saturated rings. The minimum Gasteiger partial charge on any atom is -0.487 e.